The number of nitrogens with one attached hydrogen (secondary N) is 2. The molecule has 1 heterocycles. The molecule has 0 radical (unpaired) electrons. The van der Waals surface area contributed by atoms with Crippen molar-refractivity contribution in [3.05, 3.63) is 29.8 Å². The van der Waals surface area contributed by atoms with Crippen molar-refractivity contribution in [1.82, 2.24) is 15.5 Å². The highest BCUT2D eigenvalue weighted by Crippen LogP contribution is 2.29. The van der Waals surface area contributed by atoms with Crippen LogP contribution in [0.25, 0.3) is 0 Å². The third-order valence-corrected chi connectivity index (χ3v) is 6.88. The van der Waals surface area contributed by atoms with Gasteiger partial charge in [-0.05, 0) is 43.4 Å². The van der Waals surface area contributed by atoms with Gasteiger partial charge in [-0.15, -0.1) is 0 Å². The number of hydrogen-bond donors (Lipinski definition) is 2. The van der Waals surface area contributed by atoms with Crippen molar-refractivity contribution in [3.8, 4) is 0 Å². The smallest absolute Gasteiger partial charge is 0.325 e. The van der Waals surface area contributed by atoms with Gasteiger partial charge >= 0.3 is 6.03 Å². The van der Waals surface area contributed by atoms with Crippen LogP contribution >= 0.6 is 0 Å². The van der Waals surface area contributed by atoms with Gasteiger partial charge in [0.05, 0.1) is 4.90 Å². The van der Waals surface area contributed by atoms with Crippen LogP contribution in [0.5, 0.6) is 0 Å². The van der Waals surface area contributed by atoms with Gasteiger partial charge in [-0.1, -0.05) is 31.4 Å². The van der Waals surface area contributed by atoms with Crippen molar-refractivity contribution < 1.29 is 22.8 Å². The zero-order valence-electron chi connectivity index (χ0n) is 16.7. The molecule has 1 unspecified atom stereocenters. The minimum absolute atomic E-state index is 0.126. The molecule has 2 aliphatic rings. The summed E-state index contributed by atoms with van der Waals surface area (Å²) in [5, 5.41) is 5.46. The second-order valence-electron chi connectivity index (χ2n) is 8.05. The van der Waals surface area contributed by atoms with Crippen LogP contribution in [0.15, 0.2) is 29.2 Å². The average molecular weight is 422 g/mol. The topological polar surface area (TPSA) is 113 Å². The van der Waals surface area contributed by atoms with Gasteiger partial charge in [-0.2, -0.15) is 0 Å². The molecule has 2 N–H and O–H groups in total. The molecule has 9 heteroatoms. The summed E-state index contributed by atoms with van der Waals surface area (Å²) in [7, 11) is -3.37. The Morgan fingerprint density at radius 2 is 1.79 bits per heavy atom. The highest BCUT2D eigenvalue weighted by atomic mass is 32.2. The van der Waals surface area contributed by atoms with E-state index in [0.29, 0.717) is 18.0 Å². The molecule has 1 aliphatic heterocycles. The summed E-state index contributed by atoms with van der Waals surface area (Å²) >= 11 is 0. The van der Waals surface area contributed by atoms with Crippen molar-refractivity contribution in [2.75, 3.05) is 19.3 Å². The van der Waals surface area contributed by atoms with E-state index in [0.717, 1.165) is 24.0 Å². The summed E-state index contributed by atoms with van der Waals surface area (Å²) in [5.41, 5.74) is -0.898. The van der Waals surface area contributed by atoms with Crippen LogP contribution in [0, 0.1) is 5.92 Å². The summed E-state index contributed by atoms with van der Waals surface area (Å²) in [6, 6.07) is 5.16. The van der Waals surface area contributed by atoms with Gasteiger partial charge in [0.25, 0.3) is 5.91 Å². The molecule has 1 atom stereocenters. The number of amides is 4. The summed E-state index contributed by atoms with van der Waals surface area (Å²) < 4.78 is 23.2. The Morgan fingerprint density at radius 1 is 1.17 bits per heavy atom. The van der Waals surface area contributed by atoms with E-state index in [1.165, 1.54) is 43.5 Å². The van der Waals surface area contributed by atoms with E-state index >= 15 is 0 Å². The van der Waals surface area contributed by atoms with E-state index in [4.69, 9.17) is 0 Å². The summed E-state index contributed by atoms with van der Waals surface area (Å²) in [4.78, 5) is 38.6. The fourth-order valence-electron chi connectivity index (χ4n) is 3.92. The van der Waals surface area contributed by atoms with Crippen molar-refractivity contribution in [2.24, 2.45) is 5.92 Å². The first-order chi connectivity index (χ1) is 13.6. The molecule has 1 saturated heterocycles. The maximum Gasteiger partial charge on any atom is 0.325 e. The van der Waals surface area contributed by atoms with Crippen molar-refractivity contribution in [1.29, 1.82) is 0 Å². The van der Waals surface area contributed by atoms with Gasteiger partial charge in [0.15, 0.2) is 9.84 Å². The first-order valence-corrected chi connectivity index (χ1v) is 11.7. The van der Waals surface area contributed by atoms with Crippen LogP contribution in [0.4, 0.5) is 4.79 Å². The molecule has 0 spiro atoms. The fourth-order valence-corrected chi connectivity index (χ4v) is 4.55. The first-order valence-electron chi connectivity index (χ1n) is 9.82. The number of rotatable bonds is 6. The molecule has 3 rings (SSSR count). The SMILES string of the molecule is CC1(c2ccc(S(C)(=O)=O)cc2)NC(=O)N(CC(=O)NCC2CCCCC2)C1=O. The summed E-state index contributed by atoms with van der Waals surface area (Å²) in [6.07, 6.45) is 6.85. The van der Waals surface area contributed by atoms with E-state index in [2.05, 4.69) is 10.6 Å². The van der Waals surface area contributed by atoms with Crippen LogP contribution in [-0.2, 0) is 25.0 Å². The molecule has 0 aromatic heterocycles. The van der Waals surface area contributed by atoms with E-state index in [1.54, 1.807) is 6.92 Å². The molecule has 1 aliphatic carbocycles. The molecule has 8 nitrogen and oxygen atoms in total. The lowest BCUT2D eigenvalue weighted by atomic mass is 9.89. The molecule has 1 aromatic rings. The lowest BCUT2D eigenvalue weighted by Gasteiger charge is -2.23. The number of imide groups is 1. The number of benzene rings is 1. The zero-order valence-corrected chi connectivity index (χ0v) is 17.5. The number of sulfone groups is 1. The van der Waals surface area contributed by atoms with Gasteiger partial charge in [-0.25, -0.2) is 13.2 Å². The quantitative estimate of drug-likeness (QED) is 0.677. The second kappa shape index (κ2) is 8.14. The van der Waals surface area contributed by atoms with Crippen molar-refractivity contribution in [3.63, 3.8) is 0 Å². The molecule has 1 saturated carbocycles. The molecular formula is C20H27N3O5S. The highest BCUT2D eigenvalue weighted by Gasteiger charge is 2.49. The summed E-state index contributed by atoms with van der Waals surface area (Å²) in [6.45, 7) is 1.77. The molecular weight excluding hydrogens is 394 g/mol. The number of hydrogen-bond acceptors (Lipinski definition) is 5. The van der Waals surface area contributed by atoms with Gasteiger partial charge in [0, 0.05) is 12.8 Å². The Hall–Kier alpha value is -2.42. The van der Waals surface area contributed by atoms with Gasteiger partial charge < -0.3 is 10.6 Å². The maximum atomic E-state index is 12.9. The molecule has 4 amide bonds. The van der Waals surface area contributed by atoms with E-state index in [9.17, 15) is 22.8 Å². The number of urea groups is 1. The number of nitrogens with zero attached hydrogens (tertiary/aromatic N) is 1. The zero-order chi connectivity index (χ0) is 21.2. The standard InChI is InChI=1S/C20H27N3O5S/c1-20(15-8-10-16(11-9-15)29(2,27)28)18(25)23(19(26)22-20)13-17(24)21-12-14-6-4-3-5-7-14/h8-11,14H,3-7,12-13H2,1-2H3,(H,21,24)(H,22,26). The fraction of sp³-hybridized carbons (Fsp3) is 0.550. The minimum Gasteiger partial charge on any atom is -0.354 e. The van der Waals surface area contributed by atoms with Crippen molar-refractivity contribution >= 4 is 27.7 Å². The predicted molar refractivity (Wildman–Crippen MR) is 107 cm³/mol. The average Bonchev–Trinajstić information content (AvgIpc) is 2.91. The predicted octanol–water partition coefficient (Wildman–Crippen LogP) is 1.55. The second-order valence-corrected chi connectivity index (χ2v) is 10.1. The third kappa shape index (κ3) is 4.60. The minimum atomic E-state index is -3.37. The molecule has 29 heavy (non-hydrogen) atoms. The Labute approximate surface area is 170 Å². The molecule has 0 bridgehead atoms. The molecule has 158 valence electrons. The normalized spacial score (nSPS) is 23.2. The van der Waals surface area contributed by atoms with E-state index in [-0.39, 0.29) is 17.3 Å². The highest BCUT2D eigenvalue weighted by molar-refractivity contribution is 7.90. The van der Waals surface area contributed by atoms with Crippen LogP contribution in [0.1, 0.15) is 44.6 Å². The van der Waals surface area contributed by atoms with Crippen LogP contribution in [-0.4, -0.2) is 50.5 Å². The lowest BCUT2D eigenvalue weighted by molar-refractivity contribution is -0.134. The Kier molecular flexibility index (Phi) is 5.97. The molecule has 1 aromatic carbocycles. The maximum absolute atomic E-state index is 12.9. The molecule has 2 fully saturated rings. The van der Waals surface area contributed by atoms with Crippen LogP contribution < -0.4 is 10.6 Å². The van der Waals surface area contributed by atoms with Crippen LogP contribution in [0.2, 0.25) is 0 Å². The number of carbonyl (C=O) groups excluding carboxylic acids is 3. The summed E-state index contributed by atoms with van der Waals surface area (Å²) in [5.74, 6) is -0.451. The first kappa shape index (κ1) is 21.3. The van der Waals surface area contributed by atoms with Crippen molar-refractivity contribution in [2.45, 2.75) is 49.5 Å². The van der Waals surface area contributed by atoms with Crippen LogP contribution in [0.3, 0.4) is 0 Å². The Balaban J connectivity index is 1.65. The van der Waals surface area contributed by atoms with Gasteiger partial charge in [0.2, 0.25) is 5.91 Å². The lowest BCUT2D eigenvalue weighted by Crippen LogP contribution is -2.44. The largest absolute Gasteiger partial charge is 0.354 e. The Morgan fingerprint density at radius 3 is 2.38 bits per heavy atom. The monoisotopic (exact) mass is 421 g/mol. The van der Waals surface area contributed by atoms with E-state index < -0.39 is 27.3 Å². The number of carbonyl (C=O) groups is 3. The van der Waals surface area contributed by atoms with Gasteiger partial charge in [0.1, 0.15) is 12.1 Å². The Bertz CT molecular complexity index is 907. The van der Waals surface area contributed by atoms with Gasteiger partial charge in [-0.3, -0.25) is 14.5 Å². The van der Waals surface area contributed by atoms with E-state index in [1.807, 2.05) is 0 Å². The third-order valence-electron chi connectivity index (χ3n) is 5.75.